The molecule has 2 nitrogen and oxygen atoms in total. The van der Waals surface area contributed by atoms with E-state index in [1.807, 2.05) is 6.08 Å². The van der Waals surface area contributed by atoms with Crippen molar-refractivity contribution in [1.82, 2.24) is 9.88 Å². The average molecular weight is 429 g/mol. The third-order valence-corrected chi connectivity index (χ3v) is 6.19. The quantitative estimate of drug-likeness (QED) is 0.345. The number of aryl methyl sites for hydroxylation is 1. The maximum Gasteiger partial charge on any atom is 0.0541 e. The molecule has 0 saturated carbocycles. The number of benzene rings is 3. The van der Waals surface area contributed by atoms with Crippen LogP contribution in [0.1, 0.15) is 34.9 Å². The predicted octanol–water partition coefficient (Wildman–Crippen LogP) is 7.64. The fraction of sp³-hybridized carbons (Fsp3) is 0.0968. The monoisotopic (exact) mass is 428 g/mol. The van der Waals surface area contributed by atoms with Crippen LogP contribution in [0.5, 0.6) is 0 Å². The molecule has 0 atom stereocenters. The Morgan fingerprint density at radius 2 is 1.79 bits per heavy atom. The highest BCUT2D eigenvalue weighted by atomic mass is 15.0. The molecule has 3 aromatic carbocycles. The van der Waals surface area contributed by atoms with Crippen molar-refractivity contribution >= 4 is 34.2 Å². The van der Waals surface area contributed by atoms with Gasteiger partial charge in [-0.25, -0.2) is 0 Å². The van der Waals surface area contributed by atoms with Crippen molar-refractivity contribution in [1.29, 1.82) is 0 Å². The summed E-state index contributed by atoms with van der Waals surface area (Å²) in [6.45, 7) is 9.19. The molecule has 4 aromatic rings. The fourth-order valence-electron chi connectivity index (χ4n) is 4.65. The zero-order chi connectivity index (χ0) is 22.8. The van der Waals surface area contributed by atoms with Crippen molar-refractivity contribution in [3.05, 3.63) is 126 Å². The Balaban J connectivity index is 1.68. The van der Waals surface area contributed by atoms with Gasteiger partial charge in [0, 0.05) is 29.4 Å². The summed E-state index contributed by atoms with van der Waals surface area (Å²) in [4.78, 5) is 0. The van der Waals surface area contributed by atoms with Gasteiger partial charge in [-0.3, -0.25) is 0 Å². The summed E-state index contributed by atoms with van der Waals surface area (Å²) in [6.07, 6.45) is 10.7. The molecule has 0 saturated heterocycles. The summed E-state index contributed by atoms with van der Waals surface area (Å²) < 4.78 is 2.34. The molecule has 0 unspecified atom stereocenters. The van der Waals surface area contributed by atoms with E-state index in [-0.39, 0.29) is 0 Å². The van der Waals surface area contributed by atoms with E-state index in [0.717, 1.165) is 17.8 Å². The number of allylic oxidation sites excluding steroid dienone is 3. The Kier molecular flexibility index (Phi) is 5.58. The summed E-state index contributed by atoms with van der Waals surface area (Å²) in [7, 11) is 0. The molecule has 33 heavy (non-hydrogen) atoms. The molecular weight excluding hydrogens is 400 g/mol. The molecule has 1 aromatic heterocycles. The molecule has 0 fully saturated rings. The van der Waals surface area contributed by atoms with E-state index in [2.05, 4.69) is 128 Å². The van der Waals surface area contributed by atoms with Crippen LogP contribution >= 0.6 is 0 Å². The second-order valence-corrected chi connectivity index (χ2v) is 8.43. The van der Waals surface area contributed by atoms with Crippen LogP contribution in [0.4, 0.5) is 0 Å². The second kappa shape index (κ2) is 8.84. The first-order valence-electron chi connectivity index (χ1n) is 11.4. The van der Waals surface area contributed by atoms with Crippen LogP contribution in [-0.4, -0.2) is 11.1 Å². The number of rotatable bonds is 5. The van der Waals surface area contributed by atoms with E-state index >= 15 is 0 Å². The molecule has 162 valence electrons. The van der Waals surface area contributed by atoms with Gasteiger partial charge in [0.05, 0.1) is 11.2 Å². The molecule has 0 amide bonds. The van der Waals surface area contributed by atoms with Gasteiger partial charge in [-0.05, 0) is 78.1 Å². The minimum absolute atomic E-state index is 0.836. The van der Waals surface area contributed by atoms with E-state index in [1.165, 1.54) is 44.4 Å². The van der Waals surface area contributed by atoms with Gasteiger partial charge < -0.3 is 9.88 Å². The maximum absolute atomic E-state index is 4.16. The molecule has 0 aliphatic carbocycles. The van der Waals surface area contributed by atoms with Crippen LogP contribution < -0.4 is 5.32 Å². The summed E-state index contributed by atoms with van der Waals surface area (Å²) in [5, 5.41) is 4.67. The molecule has 1 N–H and O–H groups in total. The van der Waals surface area contributed by atoms with E-state index < -0.39 is 0 Å². The van der Waals surface area contributed by atoms with Crippen molar-refractivity contribution in [3.8, 4) is 5.69 Å². The van der Waals surface area contributed by atoms with Crippen LogP contribution in [0.25, 0.3) is 39.9 Å². The van der Waals surface area contributed by atoms with Crippen LogP contribution in [-0.2, 0) is 0 Å². The molecular formula is C31H28N2. The van der Waals surface area contributed by atoms with Gasteiger partial charge in [0.2, 0.25) is 0 Å². The summed E-state index contributed by atoms with van der Waals surface area (Å²) in [5.74, 6) is 0. The average Bonchev–Trinajstić information content (AvgIpc) is 3.17. The number of aromatic nitrogens is 1. The highest BCUT2D eigenvalue weighted by molar-refractivity contribution is 5.98. The van der Waals surface area contributed by atoms with E-state index in [0.29, 0.717) is 0 Å². The summed E-state index contributed by atoms with van der Waals surface area (Å²) >= 11 is 0. The molecule has 0 spiro atoms. The lowest BCUT2D eigenvalue weighted by atomic mass is 9.96. The highest BCUT2D eigenvalue weighted by Gasteiger charge is 2.17. The SMILES string of the molecule is C=Cc1c(/C=C\C)n(-c2cccc(C)c2)c2ccc(C3=CNCC(c4ccccc4)=C3)cc12. The van der Waals surface area contributed by atoms with Crippen LogP contribution in [0.3, 0.4) is 0 Å². The zero-order valence-corrected chi connectivity index (χ0v) is 19.2. The predicted molar refractivity (Wildman–Crippen MR) is 143 cm³/mol. The molecule has 1 aliphatic heterocycles. The normalized spacial score (nSPS) is 13.6. The number of nitrogens with zero attached hydrogens (tertiary/aromatic N) is 1. The van der Waals surface area contributed by atoms with Gasteiger partial charge in [-0.2, -0.15) is 0 Å². The fourth-order valence-corrected chi connectivity index (χ4v) is 4.65. The lowest BCUT2D eigenvalue weighted by Crippen LogP contribution is -2.14. The first-order valence-corrected chi connectivity index (χ1v) is 11.4. The van der Waals surface area contributed by atoms with Crippen molar-refractivity contribution in [2.24, 2.45) is 0 Å². The van der Waals surface area contributed by atoms with Gasteiger partial charge in [0.15, 0.2) is 0 Å². The summed E-state index contributed by atoms with van der Waals surface area (Å²) in [6, 6.07) is 26.0. The first kappa shape index (κ1) is 20.8. The topological polar surface area (TPSA) is 17.0 Å². The Labute approximate surface area is 195 Å². The number of nitrogens with one attached hydrogen (secondary N) is 1. The largest absolute Gasteiger partial charge is 0.386 e. The standard InChI is InChI=1S/C31H28N2/c1-4-10-30-28(5-2)29-19-24(15-16-31(29)33(30)27-14-9-11-22(3)17-27)26-18-25(20-32-21-26)23-12-7-6-8-13-23/h4-19,21,32H,2,20H2,1,3H3/b10-4-. The molecule has 2 heteroatoms. The molecule has 2 heterocycles. The molecule has 1 aliphatic rings. The lowest BCUT2D eigenvalue weighted by molar-refractivity contribution is 0.990. The molecule has 5 rings (SSSR count). The van der Waals surface area contributed by atoms with E-state index in [4.69, 9.17) is 0 Å². The van der Waals surface area contributed by atoms with Gasteiger partial charge in [0.25, 0.3) is 0 Å². The smallest absolute Gasteiger partial charge is 0.0541 e. The second-order valence-electron chi connectivity index (χ2n) is 8.43. The van der Waals surface area contributed by atoms with Crippen molar-refractivity contribution < 1.29 is 0 Å². The number of hydrogen-bond donors (Lipinski definition) is 1. The Morgan fingerprint density at radius 3 is 2.55 bits per heavy atom. The van der Waals surface area contributed by atoms with Crippen LogP contribution in [0.15, 0.2) is 97.7 Å². The Morgan fingerprint density at radius 1 is 0.939 bits per heavy atom. The van der Waals surface area contributed by atoms with Crippen LogP contribution in [0, 0.1) is 6.92 Å². The molecule has 0 radical (unpaired) electrons. The maximum atomic E-state index is 4.16. The number of hydrogen-bond acceptors (Lipinski definition) is 1. The minimum atomic E-state index is 0.836. The lowest BCUT2D eigenvalue weighted by Gasteiger charge is -2.16. The van der Waals surface area contributed by atoms with Crippen LogP contribution in [0.2, 0.25) is 0 Å². The van der Waals surface area contributed by atoms with Crippen molar-refractivity contribution in [2.45, 2.75) is 13.8 Å². The van der Waals surface area contributed by atoms with Gasteiger partial charge in [0.1, 0.15) is 0 Å². The van der Waals surface area contributed by atoms with E-state index in [1.54, 1.807) is 0 Å². The number of dihydropyridines is 1. The first-order chi connectivity index (χ1) is 16.2. The van der Waals surface area contributed by atoms with Gasteiger partial charge >= 0.3 is 0 Å². The van der Waals surface area contributed by atoms with Crippen molar-refractivity contribution in [3.63, 3.8) is 0 Å². The third kappa shape index (κ3) is 3.85. The zero-order valence-electron chi connectivity index (χ0n) is 19.2. The van der Waals surface area contributed by atoms with Crippen molar-refractivity contribution in [2.75, 3.05) is 6.54 Å². The Bertz CT molecular complexity index is 1430. The molecule has 0 bridgehead atoms. The number of fused-ring (bicyclic) bond motifs is 1. The summed E-state index contributed by atoms with van der Waals surface area (Å²) in [5.41, 5.74) is 10.8. The van der Waals surface area contributed by atoms with Gasteiger partial charge in [-0.1, -0.05) is 67.3 Å². The minimum Gasteiger partial charge on any atom is -0.386 e. The highest BCUT2D eigenvalue weighted by Crippen LogP contribution is 2.35. The Hall–Kier alpha value is -4.04. The van der Waals surface area contributed by atoms with E-state index in [9.17, 15) is 0 Å². The van der Waals surface area contributed by atoms with Gasteiger partial charge in [-0.15, -0.1) is 0 Å². The third-order valence-electron chi connectivity index (χ3n) is 6.19.